The third-order valence-corrected chi connectivity index (χ3v) is 5.92. The number of aryl methyl sites for hydroxylation is 3. The molecule has 0 saturated carbocycles. The Morgan fingerprint density at radius 3 is 2.19 bits per heavy atom. The van der Waals surface area contributed by atoms with Crippen LogP contribution in [0.4, 0.5) is 5.69 Å². The van der Waals surface area contributed by atoms with Crippen LogP contribution in [0.3, 0.4) is 0 Å². The predicted molar refractivity (Wildman–Crippen MR) is 111 cm³/mol. The van der Waals surface area contributed by atoms with Crippen molar-refractivity contribution in [1.29, 1.82) is 0 Å². The lowest BCUT2D eigenvalue weighted by Gasteiger charge is -2.24. The maximum Gasteiger partial charge on any atom is 0.241 e. The van der Waals surface area contributed by atoms with E-state index in [4.69, 9.17) is 11.6 Å². The second kappa shape index (κ2) is 8.31. The van der Waals surface area contributed by atoms with Gasteiger partial charge in [0.2, 0.25) is 15.9 Å². The highest BCUT2D eigenvalue weighted by atomic mass is 35.5. The number of halogens is 1. The van der Waals surface area contributed by atoms with E-state index in [1.807, 2.05) is 27.7 Å². The number of carbonyl (C=O) groups is 1. The topological polar surface area (TPSA) is 66.5 Å². The zero-order valence-corrected chi connectivity index (χ0v) is 17.8. The summed E-state index contributed by atoms with van der Waals surface area (Å²) < 4.78 is 25.4. The molecule has 5 nitrogen and oxygen atoms in total. The first kappa shape index (κ1) is 21.3. The Morgan fingerprint density at radius 2 is 1.63 bits per heavy atom. The van der Waals surface area contributed by atoms with Crippen LogP contribution in [0, 0.1) is 20.8 Å². The Kier molecular flexibility index (Phi) is 6.54. The van der Waals surface area contributed by atoms with Gasteiger partial charge < -0.3 is 5.32 Å². The summed E-state index contributed by atoms with van der Waals surface area (Å²) in [4.78, 5) is 12.5. The van der Waals surface area contributed by atoms with Crippen LogP contribution in [0.2, 0.25) is 5.02 Å². The molecule has 0 aliphatic heterocycles. The molecular formula is C20H25ClN2O3S. The molecule has 1 atom stereocenters. The molecule has 27 heavy (non-hydrogen) atoms. The lowest BCUT2D eigenvalue weighted by Crippen LogP contribution is -2.41. The van der Waals surface area contributed by atoms with Crippen molar-refractivity contribution in [3.63, 3.8) is 0 Å². The highest BCUT2D eigenvalue weighted by Gasteiger charge is 2.22. The van der Waals surface area contributed by atoms with Crippen molar-refractivity contribution in [2.24, 2.45) is 0 Å². The summed E-state index contributed by atoms with van der Waals surface area (Å²) in [5.41, 5.74) is 4.84. The minimum Gasteiger partial charge on any atom is -0.348 e. The first-order chi connectivity index (χ1) is 12.5. The van der Waals surface area contributed by atoms with Gasteiger partial charge in [-0.1, -0.05) is 23.7 Å². The van der Waals surface area contributed by atoms with Crippen molar-refractivity contribution in [1.82, 2.24) is 5.32 Å². The van der Waals surface area contributed by atoms with Gasteiger partial charge in [-0.05, 0) is 74.2 Å². The van der Waals surface area contributed by atoms with Crippen molar-refractivity contribution < 1.29 is 13.2 Å². The lowest BCUT2D eigenvalue weighted by atomic mass is 9.96. The number of amides is 1. The van der Waals surface area contributed by atoms with E-state index in [9.17, 15) is 13.2 Å². The van der Waals surface area contributed by atoms with Crippen LogP contribution in [0.5, 0.6) is 0 Å². The number of rotatable bonds is 6. The van der Waals surface area contributed by atoms with Crippen LogP contribution in [-0.2, 0) is 14.8 Å². The van der Waals surface area contributed by atoms with E-state index in [0.717, 1.165) is 27.3 Å². The Balaban J connectivity index is 2.19. The molecule has 0 fully saturated rings. The summed E-state index contributed by atoms with van der Waals surface area (Å²) in [6, 6.07) is 10.2. The molecule has 1 N–H and O–H groups in total. The van der Waals surface area contributed by atoms with Gasteiger partial charge in [-0.2, -0.15) is 0 Å². The molecule has 0 saturated heterocycles. The molecule has 0 aromatic heterocycles. The van der Waals surface area contributed by atoms with Crippen molar-refractivity contribution in [2.45, 2.75) is 33.7 Å². The molecule has 0 radical (unpaired) electrons. The van der Waals surface area contributed by atoms with Crippen LogP contribution >= 0.6 is 11.6 Å². The van der Waals surface area contributed by atoms with Gasteiger partial charge in [-0.25, -0.2) is 8.42 Å². The second-order valence-corrected chi connectivity index (χ2v) is 9.17. The largest absolute Gasteiger partial charge is 0.348 e. The fourth-order valence-corrected chi connectivity index (χ4v) is 3.93. The average molecular weight is 409 g/mol. The maximum atomic E-state index is 12.5. The zero-order valence-electron chi connectivity index (χ0n) is 16.2. The van der Waals surface area contributed by atoms with Gasteiger partial charge in [0.1, 0.15) is 6.54 Å². The van der Waals surface area contributed by atoms with E-state index < -0.39 is 10.0 Å². The van der Waals surface area contributed by atoms with Crippen molar-refractivity contribution in [2.75, 3.05) is 17.1 Å². The van der Waals surface area contributed by atoms with Crippen LogP contribution in [0.25, 0.3) is 0 Å². The Hall–Kier alpha value is -2.05. The Morgan fingerprint density at radius 1 is 1.07 bits per heavy atom. The van der Waals surface area contributed by atoms with E-state index in [1.54, 1.807) is 24.3 Å². The minimum absolute atomic E-state index is 0.233. The van der Waals surface area contributed by atoms with Gasteiger partial charge >= 0.3 is 0 Å². The number of carbonyl (C=O) groups excluding carboxylic acids is 1. The first-order valence-electron chi connectivity index (χ1n) is 8.59. The molecular weight excluding hydrogens is 384 g/mol. The fourth-order valence-electron chi connectivity index (χ4n) is 2.95. The Bertz CT molecular complexity index is 940. The van der Waals surface area contributed by atoms with Crippen molar-refractivity contribution in [3.8, 4) is 0 Å². The van der Waals surface area contributed by atoms with Crippen LogP contribution in [0.1, 0.15) is 35.2 Å². The first-order valence-corrected chi connectivity index (χ1v) is 10.8. The van der Waals surface area contributed by atoms with Crippen LogP contribution in [-0.4, -0.2) is 27.1 Å². The third-order valence-electron chi connectivity index (χ3n) is 4.53. The number of nitrogens with one attached hydrogen (secondary N) is 1. The smallest absolute Gasteiger partial charge is 0.241 e. The van der Waals surface area contributed by atoms with Crippen molar-refractivity contribution >= 4 is 33.2 Å². The molecule has 0 spiro atoms. The molecule has 0 heterocycles. The van der Waals surface area contributed by atoms with Gasteiger partial charge in [0.25, 0.3) is 0 Å². The predicted octanol–water partition coefficient (Wildman–Crippen LogP) is 3.91. The number of hydrogen-bond acceptors (Lipinski definition) is 3. The zero-order chi connectivity index (χ0) is 20.4. The molecule has 0 unspecified atom stereocenters. The standard InChI is InChI=1S/C20H25ClN2O3S/c1-13-10-15(3)19(11-14(13)2)16(4)22-20(24)12-23(27(5,25)26)18-8-6-17(21)7-9-18/h6-11,16H,12H2,1-5H3,(H,22,24)/t16-/m1/s1. The van der Waals surface area contributed by atoms with Crippen LogP contribution < -0.4 is 9.62 Å². The van der Waals surface area contributed by atoms with Crippen molar-refractivity contribution in [3.05, 3.63) is 63.7 Å². The average Bonchev–Trinajstić information content (AvgIpc) is 2.56. The molecule has 0 bridgehead atoms. The van der Waals surface area contributed by atoms with E-state index in [1.165, 1.54) is 5.56 Å². The van der Waals surface area contributed by atoms with Crippen LogP contribution in [0.15, 0.2) is 36.4 Å². The monoisotopic (exact) mass is 408 g/mol. The number of anilines is 1. The Labute approximate surface area is 166 Å². The second-order valence-electron chi connectivity index (χ2n) is 6.83. The summed E-state index contributed by atoms with van der Waals surface area (Å²) in [6.45, 7) is 7.67. The number of benzene rings is 2. The third kappa shape index (κ3) is 5.47. The van der Waals surface area contributed by atoms with E-state index in [-0.39, 0.29) is 18.5 Å². The van der Waals surface area contributed by atoms with Gasteiger partial charge in [0, 0.05) is 5.02 Å². The number of hydrogen-bond donors (Lipinski definition) is 1. The van der Waals surface area contributed by atoms with Gasteiger partial charge in [0.15, 0.2) is 0 Å². The highest BCUT2D eigenvalue weighted by Crippen LogP contribution is 2.23. The molecule has 1 amide bonds. The molecule has 0 aliphatic rings. The maximum absolute atomic E-state index is 12.5. The van der Waals surface area contributed by atoms with Gasteiger partial charge in [0.05, 0.1) is 18.0 Å². The lowest BCUT2D eigenvalue weighted by molar-refractivity contribution is -0.120. The SMILES string of the molecule is Cc1cc(C)c([C@@H](C)NC(=O)CN(c2ccc(Cl)cc2)S(C)(=O)=O)cc1C. The van der Waals surface area contributed by atoms with E-state index in [2.05, 4.69) is 17.4 Å². The van der Waals surface area contributed by atoms with E-state index in [0.29, 0.717) is 10.7 Å². The van der Waals surface area contributed by atoms with Gasteiger partial charge in [-0.15, -0.1) is 0 Å². The molecule has 2 rings (SSSR count). The molecule has 2 aromatic carbocycles. The molecule has 0 aliphatic carbocycles. The number of sulfonamides is 1. The normalized spacial score (nSPS) is 12.5. The summed E-state index contributed by atoms with van der Waals surface area (Å²) in [7, 11) is -3.62. The minimum atomic E-state index is -3.62. The summed E-state index contributed by atoms with van der Waals surface area (Å²) >= 11 is 5.86. The number of nitrogens with zero attached hydrogens (tertiary/aromatic N) is 1. The summed E-state index contributed by atoms with van der Waals surface area (Å²) in [5, 5.41) is 3.39. The molecule has 146 valence electrons. The highest BCUT2D eigenvalue weighted by molar-refractivity contribution is 7.92. The summed E-state index contributed by atoms with van der Waals surface area (Å²) in [6.07, 6.45) is 1.08. The molecule has 2 aromatic rings. The summed E-state index contributed by atoms with van der Waals surface area (Å²) in [5.74, 6) is -0.375. The quantitative estimate of drug-likeness (QED) is 0.787. The van der Waals surface area contributed by atoms with E-state index >= 15 is 0 Å². The molecule has 7 heteroatoms. The fraction of sp³-hybridized carbons (Fsp3) is 0.350. The van der Waals surface area contributed by atoms with Gasteiger partial charge in [-0.3, -0.25) is 9.10 Å².